The third-order valence-electron chi connectivity index (χ3n) is 6.83. The van der Waals surface area contributed by atoms with Crippen LogP contribution in [0.5, 0.6) is 0 Å². The largest absolute Gasteiger partial charge is 0.332 e. The third-order valence-corrected chi connectivity index (χ3v) is 6.83. The second-order valence-corrected chi connectivity index (χ2v) is 10.1. The third kappa shape index (κ3) is 9.46. The van der Waals surface area contributed by atoms with Crippen LogP contribution >= 0.6 is 0 Å². The van der Waals surface area contributed by atoms with E-state index in [-0.39, 0.29) is 5.92 Å². The summed E-state index contributed by atoms with van der Waals surface area (Å²) >= 11 is 0. The van der Waals surface area contributed by atoms with E-state index in [0.717, 1.165) is 76.2 Å². The van der Waals surface area contributed by atoms with Crippen LogP contribution in [-0.4, -0.2) is 70.4 Å². The van der Waals surface area contributed by atoms with Gasteiger partial charge in [0, 0.05) is 68.1 Å². The van der Waals surface area contributed by atoms with E-state index in [1.54, 1.807) is 0 Å². The summed E-state index contributed by atoms with van der Waals surface area (Å²) in [5, 5.41) is 0. The SMILES string of the molecule is C=C.CCC1CN(C(C)C)CC(CC)N1c1ncc(CN(C)CCCCCC(=O)C(C)C)cn1. The molecular formula is C28H51N5O. The Labute approximate surface area is 209 Å². The van der Waals surface area contributed by atoms with Gasteiger partial charge in [-0.3, -0.25) is 9.69 Å². The Morgan fingerprint density at radius 2 is 1.59 bits per heavy atom. The number of carbonyl (C=O) groups excluding carboxylic acids is 1. The number of hydrogen-bond acceptors (Lipinski definition) is 6. The van der Waals surface area contributed by atoms with Crippen molar-refractivity contribution in [3.63, 3.8) is 0 Å². The average molecular weight is 474 g/mol. The van der Waals surface area contributed by atoms with Crippen molar-refractivity contribution in [1.29, 1.82) is 0 Å². The summed E-state index contributed by atoms with van der Waals surface area (Å²) < 4.78 is 0. The van der Waals surface area contributed by atoms with Gasteiger partial charge in [0.15, 0.2) is 0 Å². The fraction of sp³-hybridized carbons (Fsp3) is 0.750. The van der Waals surface area contributed by atoms with E-state index in [2.05, 4.69) is 62.6 Å². The van der Waals surface area contributed by atoms with Gasteiger partial charge in [-0.1, -0.05) is 34.1 Å². The number of Topliss-reactive ketones (excluding diaryl/α,β-unsaturated/α-hetero) is 1. The lowest BCUT2D eigenvalue weighted by Gasteiger charge is -2.48. The highest BCUT2D eigenvalue weighted by atomic mass is 16.1. The minimum Gasteiger partial charge on any atom is -0.332 e. The highest BCUT2D eigenvalue weighted by Gasteiger charge is 2.35. The van der Waals surface area contributed by atoms with E-state index in [4.69, 9.17) is 9.97 Å². The molecule has 194 valence electrons. The zero-order valence-electron chi connectivity index (χ0n) is 23.1. The van der Waals surface area contributed by atoms with Gasteiger partial charge in [0.1, 0.15) is 5.78 Å². The lowest BCUT2D eigenvalue weighted by Crippen LogP contribution is -2.60. The highest BCUT2D eigenvalue weighted by Crippen LogP contribution is 2.26. The highest BCUT2D eigenvalue weighted by molar-refractivity contribution is 5.80. The van der Waals surface area contributed by atoms with E-state index >= 15 is 0 Å². The molecule has 2 unspecified atom stereocenters. The van der Waals surface area contributed by atoms with E-state index in [1.807, 2.05) is 26.2 Å². The van der Waals surface area contributed by atoms with Gasteiger partial charge in [0.2, 0.25) is 5.95 Å². The average Bonchev–Trinajstić information content (AvgIpc) is 2.84. The smallest absolute Gasteiger partial charge is 0.225 e. The Morgan fingerprint density at radius 1 is 1.03 bits per heavy atom. The molecule has 0 amide bonds. The molecule has 0 saturated carbocycles. The van der Waals surface area contributed by atoms with E-state index in [0.29, 0.717) is 23.9 Å². The molecule has 0 spiro atoms. The Balaban J connectivity index is 0.00000281. The summed E-state index contributed by atoms with van der Waals surface area (Å²) in [6.07, 6.45) is 10.2. The summed E-state index contributed by atoms with van der Waals surface area (Å²) in [6.45, 7) is 23.2. The van der Waals surface area contributed by atoms with Crippen molar-refractivity contribution in [3.05, 3.63) is 31.1 Å². The van der Waals surface area contributed by atoms with Gasteiger partial charge in [0.05, 0.1) is 0 Å². The van der Waals surface area contributed by atoms with Crippen molar-refractivity contribution in [2.45, 2.75) is 105 Å². The molecule has 0 aromatic carbocycles. The van der Waals surface area contributed by atoms with Crippen LogP contribution in [0.15, 0.2) is 25.6 Å². The Kier molecular flexibility index (Phi) is 14.2. The molecule has 2 heterocycles. The van der Waals surface area contributed by atoms with Crippen LogP contribution in [-0.2, 0) is 11.3 Å². The second-order valence-electron chi connectivity index (χ2n) is 10.1. The fourth-order valence-electron chi connectivity index (χ4n) is 4.59. The Morgan fingerprint density at radius 3 is 2.06 bits per heavy atom. The zero-order valence-corrected chi connectivity index (χ0v) is 23.1. The van der Waals surface area contributed by atoms with Crippen molar-refractivity contribution in [1.82, 2.24) is 19.8 Å². The minimum atomic E-state index is 0.167. The van der Waals surface area contributed by atoms with Gasteiger partial charge >= 0.3 is 0 Å². The second kappa shape index (κ2) is 16.0. The van der Waals surface area contributed by atoms with Gasteiger partial charge < -0.3 is 9.80 Å². The standard InChI is InChI=1S/C26H47N5O.C2H4/c1-8-23-18-30(21(5)6)19-24(9-2)31(23)26-27-15-22(16-28-26)17-29(7)14-12-10-11-13-25(32)20(3)4;1-2/h15-16,20-21,23-24H,8-14,17-19H2,1-7H3;1-2H2. The molecule has 1 aliphatic heterocycles. The molecule has 0 radical (unpaired) electrons. The van der Waals surface area contributed by atoms with Gasteiger partial charge in [-0.15, -0.1) is 13.2 Å². The summed E-state index contributed by atoms with van der Waals surface area (Å²) in [4.78, 5) is 28.7. The van der Waals surface area contributed by atoms with Crippen molar-refractivity contribution in [2.24, 2.45) is 5.92 Å². The lowest BCUT2D eigenvalue weighted by molar-refractivity contribution is -0.122. The fourth-order valence-corrected chi connectivity index (χ4v) is 4.59. The first-order valence-electron chi connectivity index (χ1n) is 13.3. The van der Waals surface area contributed by atoms with Gasteiger partial charge in [0.25, 0.3) is 0 Å². The molecule has 1 fully saturated rings. The number of ketones is 1. The monoisotopic (exact) mass is 473 g/mol. The molecule has 2 atom stereocenters. The lowest BCUT2D eigenvalue weighted by atomic mass is 10.0. The quantitative estimate of drug-likeness (QED) is 0.275. The Bertz CT molecular complexity index is 677. The first-order chi connectivity index (χ1) is 16.3. The first-order valence-corrected chi connectivity index (χ1v) is 13.3. The van der Waals surface area contributed by atoms with Crippen LogP contribution in [0.1, 0.15) is 85.6 Å². The van der Waals surface area contributed by atoms with Crippen LogP contribution in [0.25, 0.3) is 0 Å². The summed E-state index contributed by atoms with van der Waals surface area (Å²) in [5.41, 5.74) is 1.16. The maximum atomic E-state index is 11.7. The summed E-state index contributed by atoms with van der Waals surface area (Å²) in [7, 11) is 2.15. The van der Waals surface area contributed by atoms with E-state index < -0.39 is 0 Å². The number of nitrogens with zero attached hydrogens (tertiary/aromatic N) is 5. The van der Waals surface area contributed by atoms with Crippen LogP contribution in [0.3, 0.4) is 0 Å². The number of rotatable bonds is 13. The Hall–Kier alpha value is -1.79. The maximum absolute atomic E-state index is 11.7. The summed E-state index contributed by atoms with van der Waals surface area (Å²) in [5.74, 6) is 1.44. The van der Waals surface area contributed by atoms with Gasteiger partial charge in [-0.05, 0) is 53.1 Å². The molecule has 0 bridgehead atoms. The van der Waals surface area contributed by atoms with E-state index in [9.17, 15) is 4.79 Å². The number of piperazine rings is 1. The number of anilines is 1. The van der Waals surface area contributed by atoms with Crippen LogP contribution in [0.4, 0.5) is 5.95 Å². The molecule has 0 aliphatic carbocycles. The topological polar surface area (TPSA) is 52.6 Å². The molecule has 6 heteroatoms. The molecule has 34 heavy (non-hydrogen) atoms. The number of unbranched alkanes of at least 4 members (excludes halogenated alkanes) is 2. The van der Waals surface area contributed by atoms with Crippen LogP contribution < -0.4 is 4.90 Å². The van der Waals surface area contributed by atoms with Gasteiger partial charge in [-0.2, -0.15) is 0 Å². The van der Waals surface area contributed by atoms with Crippen LogP contribution in [0.2, 0.25) is 0 Å². The zero-order chi connectivity index (χ0) is 25.7. The molecule has 1 saturated heterocycles. The van der Waals surface area contributed by atoms with Crippen molar-refractivity contribution in [3.8, 4) is 0 Å². The van der Waals surface area contributed by atoms with E-state index in [1.165, 1.54) is 0 Å². The molecule has 1 aliphatic rings. The molecular weight excluding hydrogens is 422 g/mol. The summed E-state index contributed by atoms with van der Waals surface area (Å²) in [6, 6.07) is 1.51. The van der Waals surface area contributed by atoms with Crippen LogP contribution in [0, 0.1) is 5.92 Å². The number of hydrogen-bond donors (Lipinski definition) is 0. The molecule has 1 aromatic heterocycles. The van der Waals surface area contributed by atoms with Gasteiger partial charge in [-0.25, -0.2) is 9.97 Å². The molecule has 0 N–H and O–H groups in total. The normalized spacial score (nSPS) is 18.9. The van der Waals surface area contributed by atoms with Crippen molar-refractivity contribution in [2.75, 3.05) is 31.6 Å². The molecule has 1 aromatic rings. The minimum absolute atomic E-state index is 0.167. The molecule has 2 rings (SSSR count). The van der Waals surface area contributed by atoms with Crippen molar-refractivity contribution >= 4 is 11.7 Å². The maximum Gasteiger partial charge on any atom is 0.225 e. The van der Waals surface area contributed by atoms with Crippen molar-refractivity contribution < 1.29 is 4.79 Å². The molecule has 6 nitrogen and oxygen atoms in total. The number of aromatic nitrogens is 2. The predicted molar refractivity (Wildman–Crippen MR) is 145 cm³/mol. The number of carbonyl (C=O) groups is 1. The predicted octanol–water partition coefficient (Wildman–Crippen LogP) is 5.58. The first kappa shape index (κ1) is 30.2.